The van der Waals surface area contributed by atoms with E-state index in [1.165, 1.54) is 5.56 Å². The Morgan fingerprint density at radius 1 is 1.11 bits per heavy atom. The topological polar surface area (TPSA) is 94.6 Å². The lowest BCUT2D eigenvalue weighted by molar-refractivity contribution is -0.128. The molecule has 2 aromatic carbocycles. The first kappa shape index (κ1) is 18.1. The van der Waals surface area contributed by atoms with E-state index in [1.807, 2.05) is 18.2 Å². The summed E-state index contributed by atoms with van der Waals surface area (Å²) in [7, 11) is 0. The molecule has 1 unspecified atom stereocenters. The summed E-state index contributed by atoms with van der Waals surface area (Å²) < 4.78 is 11.6. The molecule has 0 saturated carbocycles. The van der Waals surface area contributed by atoms with Gasteiger partial charge in [-0.15, -0.1) is 0 Å². The number of amides is 2. The van der Waals surface area contributed by atoms with Crippen molar-refractivity contribution in [1.29, 1.82) is 0 Å². The molecule has 2 amide bonds. The Balaban J connectivity index is 1.43. The molecule has 0 spiro atoms. The highest BCUT2D eigenvalue weighted by atomic mass is 16.5. The largest absolute Gasteiger partial charge is 0.484 e. The Hall–Kier alpha value is -3.28. The van der Waals surface area contributed by atoms with Crippen LogP contribution in [0.25, 0.3) is 11.0 Å². The van der Waals surface area contributed by atoms with Crippen LogP contribution in [-0.4, -0.2) is 18.4 Å². The summed E-state index contributed by atoms with van der Waals surface area (Å²) in [5.74, 6) is 0.614. The molecule has 3 aromatic rings. The van der Waals surface area contributed by atoms with Crippen molar-refractivity contribution in [3.8, 4) is 5.75 Å². The molecule has 0 fully saturated rings. The van der Waals surface area contributed by atoms with Crippen LogP contribution >= 0.6 is 0 Å². The smallest absolute Gasteiger partial charge is 0.258 e. The highest BCUT2D eigenvalue weighted by molar-refractivity contribution is 5.88. The summed E-state index contributed by atoms with van der Waals surface area (Å²) in [5.41, 5.74) is 8.16. The average Bonchev–Trinajstić information content (AvgIpc) is 3.09. The number of primary amides is 1. The zero-order valence-electron chi connectivity index (χ0n) is 15.4. The van der Waals surface area contributed by atoms with Gasteiger partial charge in [-0.05, 0) is 43.0 Å². The molecule has 0 radical (unpaired) electrons. The Morgan fingerprint density at radius 3 is 2.68 bits per heavy atom. The van der Waals surface area contributed by atoms with Crippen molar-refractivity contribution in [3.63, 3.8) is 0 Å². The van der Waals surface area contributed by atoms with E-state index >= 15 is 0 Å². The molecule has 6 heteroatoms. The SMILES string of the molecule is NC(=O)C(NC(=O)COc1ccc2oc3c(c2c1)CCCC3)c1ccccc1. The molecule has 3 N–H and O–H groups in total. The second-order valence-corrected chi connectivity index (χ2v) is 6.97. The van der Waals surface area contributed by atoms with Gasteiger partial charge < -0.3 is 20.2 Å². The van der Waals surface area contributed by atoms with E-state index in [0.29, 0.717) is 11.3 Å². The van der Waals surface area contributed by atoms with Crippen molar-refractivity contribution in [2.24, 2.45) is 5.73 Å². The number of ether oxygens (including phenoxy) is 1. The maximum absolute atomic E-state index is 12.3. The summed E-state index contributed by atoms with van der Waals surface area (Å²) in [6.07, 6.45) is 4.28. The van der Waals surface area contributed by atoms with Crippen LogP contribution in [0.2, 0.25) is 0 Å². The number of nitrogens with two attached hydrogens (primary N) is 1. The van der Waals surface area contributed by atoms with Crippen molar-refractivity contribution in [2.75, 3.05) is 6.61 Å². The zero-order valence-corrected chi connectivity index (χ0v) is 15.4. The molecule has 0 saturated heterocycles. The highest BCUT2D eigenvalue weighted by Gasteiger charge is 2.21. The number of nitrogens with one attached hydrogen (secondary N) is 1. The van der Waals surface area contributed by atoms with Gasteiger partial charge in [0.2, 0.25) is 5.91 Å². The molecule has 144 valence electrons. The number of carbonyl (C=O) groups excluding carboxylic acids is 2. The van der Waals surface area contributed by atoms with Crippen LogP contribution in [0.15, 0.2) is 52.9 Å². The number of carbonyl (C=O) groups is 2. The summed E-state index contributed by atoms with van der Waals surface area (Å²) in [4.78, 5) is 24.0. The Bertz CT molecular complexity index is 1010. The van der Waals surface area contributed by atoms with Gasteiger partial charge in [0, 0.05) is 17.4 Å². The fraction of sp³-hybridized carbons (Fsp3) is 0.273. The van der Waals surface area contributed by atoms with E-state index in [4.69, 9.17) is 14.9 Å². The monoisotopic (exact) mass is 378 g/mol. The van der Waals surface area contributed by atoms with Crippen molar-refractivity contribution in [3.05, 3.63) is 65.4 Å². The van der Waals surface area contributed by atoms with Gasteiger partial charge in [-0.2, -0.15) is 0 Å². The summed E-state index contributed by atoms with van der Waals surface area (Å²) in [6.45, 7) is -0.206. The van der Waals surface area contributed by atoms with Gasteiger partial charge in [0.05, 0.1) is 0 Å². The van der Waals surface area contributed by atoms with E-state index in [1.54, 1.807) is 30.3 Å². The van der Waals surface area contributed by atoms with Gasteiger partial charge in [0.25, 0.3) is 5.91 Å². The van der Waals surface area contributed by atoms with E-state index in [0.717, 1.165) is 42.4 Å². The molecule has 1 aliphatic rings. The minimum absolute atomic E-state index is 0.206. The minimum Gasteiger partial charge on any atom is -0.484 e. The van der Waals surface area contributed by atoms with Crippen molar-refractivity contribution < 1.29 is 18.7 Å². The van der Waals surface area contributed by atoms with Gasteiger partial charge >= 0.3 is 0 Å². The molecule has 28 heavy (non-hydrogen) atoms. The van der Waals surface area contributed by atoms with Crippen molar-refractivity contribution >= 4 is 22.8 Å². The predicted octanol–water partition coefficient (Wildman–Crippen LogP) is 3.03. The fourth-order valence-electron chi connectivity index (χ4n) is 3.65. The van der Waals surface area contributed by atoms with Gasteiger partial charge in [0.1, 0.15) is 23.1 Å². The Kier molecular flexibility index (Phi) is 5.02. The Morgan fingerprint density at radius 2 is 1.89 bits per heavy atom. The van der Waals surface area contributed by atoms with Crippen LogP contribution in [0, 0.1) is 0 Å². The molecule has 4 rings (SSSR count). The van der Waals surface area contributed by atoms with E-state index in [9.17, 15) is 9.59 Å². The quantitative estimate of drug-likeness (QED) is 0.689. The number of rotatable bonds is 6. The molecule has 1 atom stereocenters. The lowest BCUT2D eigenvalue weighted by atomic mass is 9.96. The number of hydrogen-bond donors (Lipinski definition) is 2. The number of benzene rings is 2. The summed E-state index contributed by atoms with van der Waals surface area (Å²) in [5, 5.41) is 3.68. The molecular weight excluding hydrogens is 356 g/mol. The maximum Gasteiger partial charge on any atom is 0.258 e. The maximum atomic E-state index is 12.3. The lowest BCUT2D eigenvalue weighted by Gasteiger charge is -2.16. The van der Waals surface area contributed by atoms with Gasteiger partial charge in [0.15, 0.2) is 6.61 Å². The third kappa shape index (κ3) is 3.71. The van der Waals surface area contributed by atoms with Crippen LogP contribution in [0.5, 0.6) is 5.75 Å². The Labute approximate surface area is 162 Å². The molecule has 0 bridgehead atoms. The minimum atomic E-state index is -0.888. The molecular formula is C22H22N2O4. The van der Waals surface area contributed by atoms with E-state index in [2.05, 4.69) is 5.32 Å². The lowest BCUT2D eigenvalue weighted by Crippen LogP contribution is -2.39. The molecule has 1 heterocycles. The highest BCUT2D eigenvalue weighted by Crippen LogP contribution is 2.33. The number of aryl methyl sites for hydroxylation is 2. The third-order valence-electron chi connectivity index (χ3n) is 5.02. The van der Waals surface area contributed by atoms with E-state index < -0.39 is 17.9 Å². The second kappa shape index (κ2) is 7.76. The molecule has 1 aliphatic carbocycles. The van der Waals surface area contributed by atoms with E-state index in [-0.39, 0.29) is 6.61 Å². The first-order chi connectivity index (χ1) is 13.6. The standard InChI is InChI=1S/C22H22N2O4/c23-22(26)21(14-6-2-1-3-7-14)24-20(25)13-27-15-10-11-19-17(12-15)16-8-4-5-9-18(16)28-19/h1-3,6-7,10-12,21H,4-5,8-9,13H2,(H2,23,26)(H,24,25). The average molecular weight is 378 g/mol. The van der Waals surface area contributed by atoms with Crippen LogP contribution in [0.4, 0.5) is 0 Å². The predicted molar refractivity (Wildman–Crippen MR) is 105 cm³/mol. The van der Waals surface area contributed by atoms with Gasteiger partial charge in [-0.25, -0.2) is 0 Å². The second-order valence-electron chi connectivity index (χ2n) is 6.97. The zero-order chi connectivity index (χ0) is 19.5. The van der Waals surface area contributed by atoms with Crippen molar-refractivity contribution in [1.82, 2.24) is 5.32 Å². The third-order valence-corrected chi connectivity index (χ3v) is 5.02. The van der Waals surface area contributed by atoms with Crippen molar-refractivity contribution in [2.45, 2.75) is 31.7 Å². The van der Waals surface area contributed by atoms with Gasteiger partial charge in [-0.3, -0.25) is 9.59 Å². The van der Waals surface area contributed by atoms with Crippen LogP contribution in [0.1, 0.15) is 35.8 Å². The van der Waals surface area contributed by atoms with Gasteiger partial charge in [-0.1, -0.05) is 30.3 Å². The summed E-state index contributed by atoms with van der Waals surface area (Å²) in [6, 6.07) is 13.6. The fourth-order valence-corrected chi connectivity index (χ4v) is 3.65. The van der Waals surface area contributed by atoms with Crippen LogP contribution in [0.3, 0.4) is 0 Å². The molecule has 1 aromatic heterocycles. The number of hydrogen-bond acceptors (Lipinski definition) is 4. The van der Waals surface area contributed by atoms with Crippen LogP contribution < -0.4 is 15.8 Å². The normalized spacial score (nSPS) is 14.3. The number of fused-ring (bicyclic) bond motifs is 3. The molecule has 0 aliphatic heterocycles. The first-order valence-electron chi connectivity index (χ1n) is 9.42. The van der Waals surface area contributed by atoms with Crippen LogP contribution in [-0.2, 0) is 22.4 Å². The first-order valence-corrected chi connectivity index (χ1v) is 9.42. The molecule has 6 nitrogen and oxygen atoms in total. The summed E-state index contributed by atoms with van der Waals surface area (Å²) >= 11 is 0. The number of furan rings is 1.